The van der Waals surface area contributed by atoms with Crippen LogP contribution in [0.1, 0.15) is 51.1 Å². The van der Waals surface area contributed by atoms with Gasteiger partial charge in [0, 0.05) is 43.6 Å². The maximum absolute atomic E-state index is 5.22. The minimum Gasteiger partial charge on any atom is -0.383 e. The third-order valence-electron chi connectivity index (χ3n) is 5.76. The van der Waals surface area contributed by atoms with Gasteiger partial charge >= 0.3 is 0 Å². The molecule has 1 aliphatic carbocycles. The van der Waals surface area contributed by atoms with Crippen LogP contribution < -0.4 is 5.32 Å². The van der Waals surface area contributed by atoms with Crippen molar-refractivity contribution >= 4 is 11.5 Å². The summed E-state index contributed by atoms with van der Waals surface area (Å²) >= 11 is 0. The third-order valence-corrected chi connectivity index (χ3v) is 5.76. The smallest absolute Gasteiger partial charge is 0.241 e. The zero-order valence-electron chi connectivity index (χ0n) is 17.2. The molecule has 3 heterocycles. The van der Waals surface area contributed by atoms with Gasteiger partial charge in [0.1, 0.15) is 0 Å². The molecule has 0 unspecified atom stereocenters. The molecular formula is C21H30N6O. The van der Waals surface area contributed by atoms with E-state index in [4.69, 9.17) is 9.84 Å². The molecule has 1 atom stereocenters. The number of hydrogen-bond acceptors (Lipinski definition) is 5. The van der Waals surface area contributed by atoms with E-state index in [9.17, 15) is 0 Å². The van der Waals surface area contributed by atoms with Crippen molar-refractivity contribution in [1.82, 2.24) is 24.4 Å². The lowest BCUT2D eigenvalue weighted by atomic mass is 9.81. The second-order valence-corrected chi connectivity index (χ2v) is 8.19. The molecule has 4 rings (SSSR count). The number of rotatable bonds is 6. The van der Waals surface area contributed by atoms with Crippen LogP contribution in [0, 0.1) is 5.92 Å². The van der Waals surface area contributed by atoms with E-state index in [0.29, 0.717) is 18.5 Å². The van der Waals surface area contributed by atoms with Crippen LogP contribution in [0.25, 0.3) is 16.8 Å². The monoisotopic (exact) mass is 382 g/mol. The Morgan fingerprint density at radius 2 is 2.04 bits per heavy atom. The van der Waals surface area contributed by atoms with Gasteiger partial charge in [0.05, 0.1) is 24.0 Å². The van der Waals surface area contributed by atoms with Gasteiger partial charge in [0.2, 0.25) is 5.95 Å². The molecular weight excluding hydrogens is 352 g/mol. The van der Waals surface area contributed by atoms with Gasteiger partial charge in [-0.15, -0.1) is 5.10 Å². The van der Waals surface area contributed by atoms with E-state index in [1.54, 1.807) is 7.11 Å². The van der Waals surface area contributed by atoms with E-state index in [1.807, 2.05) is 24.1 Å². The van der Waals surface area contributed by atoms with Crippen molar-refractivity contribution in [3.8, 4) is 11.3 Å². The number of hydrogen-bond donors (Lipinski definition) is 1. The predicted molar refractivity (Wildman–Crippen MR) is 111 cm³/mol. The number of nitrogens with one attached hydrogen (secondary N) is 1. The molecule has 0 amide bonds. The van der Waals surface area contributed by atoms with E-state index in [0.717, 1.165) is 22.7 Å². The number of methoxy groups -OCH3 is 1. The summed E-state index contributed by atoms with van der Waals surface area (Å²) in [5.41, 5.74) is 4.35. The molecule has 0 bridgehead atoms. The van der Waals surface area contributed by atoms with Crippen molar-refractivity contribution in [3.63, 3.8) is 0 Å². The first-order chi connectivity index (χ1) is 13.5. The van der Waals surface area contributed by atoms with Crippen LogP contribution in [0.15, 0.2) is 24.5 Å². The fourth-order valence-corrected chi connectivity index (χ4v) is 4.20. The Morgan fingerprint density at radius 1 is 1.25 bits per heavy atom. The van der Waals surface area contributed by atoms with Gasteiger partial charge < -0.3 is 10.1 Å². The SMILES string of the molecule is COC[C@H](C)Nc1ncc2c(-c3ccn(C)n3)cc(C3CCC(C)CC3)n2n1. The van der Waals surface area contributed by atoms with Gasteiger partial charge in [-0.05, 0) is 37.8 Å². The van der Waals surface area contributed by atoms with Gasteiger partial charge in [0.25, 0.3) is 0 Å². The zero-order chi connectivity index (χ0) is 19.7. The lowest BCUT2D eigenvalue weighted by Gasteiger charge is -2.25. The highest BCUT2D eigenvalue weighted by Crippen LogP contribution is 2.38. The Morgan fingerprint density at radius 3 is 2.71 bits per heavy atom. The summed E-state index contributed by atoms with van der Waals surface area (Å²) < 4.78 is 9.14. The molecule has 0 spiro atoms. The number of ether oxygens (including phenoxy) is 1. The van der Waals surface area contributed by atoms with Crippen molar-refractivity contribution in [2.24, 2.45) is 13.0 Å². The largest absolute Gasteiger partial charge is 0.383 e. The van der Waals surface area contributed by atoms with Crippen molar-refractivity contribution in [2.45, 2.75) is 51.5 Å². The quantitative estimate of drug-likeness (QED) is 0.701. The van der Waals surface area contributed by atoms with E-state index in [1.165, 1.54) is 31.4 Å². The highest BCUT2D eigenvalue weighted by molar-refractivity contribution is 5.79. The third kappa shape index (κ3) is 3.76. The molecule has 3 aromatic rings. The Labute approximate surface area is 166 Å². The molecule has 1 fully saturated rings. The normalized spacial score (nSPS) is 21.1. The van der Waals surface area contributed by atoms with Gasteiger partial charge in [0.15, 0.2) is 0 Å². The van der Waals surface area contributed by atoms with Crippen LogP contribution in [-0.2, 0) is 11.8 Å². The Balaban J connectivity index is 1.76. The van der Waals surface area contributed by atoms with Gasteiger partial charge in [-0.2, -0.15) is 5.10 Å². The molecule has 3 aromatic heterocycles. The molecule has 28 heavy (non-hydrogen) atoms. The second kappa shape index (κ2) is 7.91. The standard InChI is InChI=1S/C21H30N6O/c1-14-5-7-16(8-6-14)19-11-17(18-9-10-26(3)24-18)20-12-22-21(25-27(19)20)23-15(2)13-28-4/h9-12,14-16H,5-8,13H2,1-4H3,(H,23,25)/t14?,15-,16?/m0/s1. The molecule has 1 N–H and O–H groups in total. The van der Waals surface area contributed by atoms with Crippen LogP contribution in [0.2, 0.25) is 0 Å². The summed E-state index contributed by atoms with van der Waals surface area (Å²) in [6, 6.07) is 4.47. The van der Waals surface area contributed by atoms with Crippen LogP contribution >= 0.6 is 0 Å². The van der Waals surface area contributed by atoms with E-state index in [2.05, 4.69) is 45.9 Å². The van der Waals surface area contributed by atoms with Crippen LogP contribution in [0.5, 0.6) is 0 Å². The molecule has 1 saturated carbocycles. The van der Waals surface area contributed by atoms with Gasteiger partial charge in [-0.1, -0.05) is 19.8 Å². The van der Waals surface area contributed by atoms with E-state index < -0.39 is 0 Å². The van der Waals surface area contributed by atoms with E-state index in [-0.39, 0.29) is 6.04 Å². The maximum atomic E-state index is 5.22. The van der Waals surface area contributed by atoms with Crippen LogP contribution in [0.3, 0.4) is 0 Å². The zero-order valence-corrected chi connectivity index (χ0v) is 17.2. The van der Waals surface area contributed by atoms with Crippen molar-refractivity contribution < 1.29 is 4.74 Å². The van der Waals surface area contributed by atoms with Crippen LogP contribution in [-0.4, -0.2) is 44.1 Å². The maximum Gasteiger partial charge on any atom is 0.241 e. The molecule has 7 heteroatoms. The Bertz CT molecular complexity index is 938. The average molecular weight is 383 g/mol. The topological polar surface area (TPSA) is 69.3 Å². The summed E-state index contributed by atoms with van der Waals surface area (Å²) in [6.45, 7) is 5.03. The van der Waals surface area contributed by atoms with Crippen molar-refractivity contribution in [3.05, 3.63) is 30.2 Å². The minimum absolute atomic E-state index is 0.146. The Kier molecular flexibility index (Phi) is 5.35. The summed E-state index contributed by atoms with van der Waals surface area (Å²) in [5.74, 6) is 1.98. The fourth-order valence-electron chi connectivity index (χ4n) is 4.20. The summed E-state index contributed by atoms with van der Waals surface area (Å²) in [6.07, 6.45) is 8.86. The van der Waals surface area contributed by atoms with E-state index >= 15 is 0 Å². The van der Waals surface area contributed by atoms with Crippen molar-refractivity contribution in [1.29, 1.82) is 0 Å². The molecule has 0 radical (unpaired) electrons. The predicted octanol–water partition coefficient (Wildman–Crippen LogP) is 3.87. The fraction of sp³-hybridized carbons (Fsp3) is 0.571. The number of fused-ring (bicyclic) bond motifs is 1. The lowest BCUT2D eigenvalue weighted by molar-refractivity contribution is 0.190. The molecule has 0 saturated heterocycles. The minimum atomic E-state index is 0.146. The first-order valence-electron chi connectivity index (χ1n) is 10.2. The first-order valence-corrected chi connectivity index (χ1v) is 10.2. The molecule has 150 valence electrons. The summed E-state index contributed by atoms with van der Waals surface area (Å²) in [7, 11) is 3.65. The second-order valence-electron chi connectivity index (χ2n) is 8.19. The van der Waals surface area contributed by atoms with Gasteiger partial charge in [-0.25, -0.2) is 9.50 Å². The van der Waals surface area contributed by atoms with Crippen molar-refractivity contribution in [2.75, 3.05) is 19.0 Å². The lowest BCUT2D eigenvalue weighted by Crippen LogP contribution is -2.23. The number of aryl methyl sites for hydroxylation is 1. The van der Waals surface area contributed by atoms with Crippen LogP contribution in [0.4, 0.5) is 5.95 Å². The number of nitrogens with zero attached hydrogens (tertiary/aromatic N) is 5. The summed E-state index contributed by atoms with van der Waals surface area (Å²) in [5, 5.41) is 12.8. The number of anilines is 1. The summed E-state index contributed by atoms with van der Waals surface area (Å²) in [4.78, 5) is 4.56. The molecule has 0 aliphatic heterocycles. The molecule has 1 aliphatic rings. The first kappa shape index (κ1) is 18.9. The number of aromatic nitrogens is 5. The average Bonchev–Trinajstić information content (AvgIpc) is 3.26. The molecule has 0 aromatic carbocycles. The highest BCUT2D eigenvalue weighted by atomic mass is 16.5. The molecule has 7 nitrogen and oxygen atoms in total. The highest BCUT2D eigenvalue weighted by Gasteiger charge is 2.25. The van der Waals surface area contributed by atoms with Gasteiger partial charge in [-0.3, -0.25) is 4.68 Å². The Hall–Kier alpha value is -2.41.